The van der Waals surface area contributed by atoms with Crippen LogP contribution < -0.4 is 0 Å². The summed E-state index contributed by atoms with van der Waals surface area (Å²) in [5.41, 5.74) is 3.77. The number of benzene rings is 1. The fourth-order valence-corrected chi connectivity index (χ4v) is 1.39. The van der Waals surface area contributed by atoms with Crippen LogP contribution in [-0.4, -0.2) is 4.98 Å². The van der Waals surface area contributed by atoms with Gasteiger partial charge in [0.25, 0.3) is 0 Å². The number of aromatic amines is 1. The van der Waals surface area contributed by atoms with Gasteiger partial charge in [0.15, 0.2) is 0 Å². The lowest BCUT2D eigenvalue weighted by Crippen LogP contribution is -1.71. The van der Waals surface area contributed by atoms with Crippen LogP contribution in [0.5, 0.6) is 0 Å². The first-order valence-corrected chi connectivity index (χ1v) is 5.23. The molecule has 0 saturated heterocycles. The van der Waals surface area contributed by atoms with Crippen molar-refractivity contribution in [3.8, 4) is 0 Å². The third-order valence-electron chi connectivity index (χ3n) is 1.91. The third kappa shape index (κ3) is 2.63. The van der Waals surface area contributed by atoms with E-state index < -0.39 is 0 Å². The Morgan fingerprint density at radius 2 is 1.71 bits per heavy atom. The molecule has 0 amide bonds. The second-order valence-electron chi connectivity index (χ2n) is 3.75. The standard InChI is InChI=1S/C10H11N.C3H8/c1-7-3-4-9-6-8(2)11-10(9)5-7;1-3-2/h3-6,11H,1-2H3;3H2,1-2H3. The zero-order valence-electron chi connectivity index (χ0n) is 9.52. The SMILES string of the molecule is CCC.Cc1ccc2cc(C)[nH]c2c1. The summed E-state index contributed by atoms with van der Waals surface area (Å²) in [4.78, 5) is 3.30. The summed E-state index contributed by atoms with van der Waals surface area (Å²) < 4.78 is 0. The number of rotatable bonds is 0. The summed E-state index contributed by atoms with van der Waals surface area (Å²) in [7, 11) is 0. The van der Waals surface area contributed by atoms with Crippen LogP contribution in [-0.2, 0) is 0 Å². The van der Waals surface area contributed by atoms with E-state index in [1.165, 1.54) is 28.6 Å². The van der Waals surface area contributed by atoms with E-state index in [1.54, 1.807) is 0 Å². The second kappa shape index (κ2) is 4.85. The molecule has 2 aromatic rings. The number of hydrogen-bond donors (Lipinski definition) is 1. The second-order valence-corrected chi connectivity index (χ2v) is 3.75. The maximum absolute atomic E-state index is 3.30. The van der Waals surface area contributed by atoms with Gasteiger partial charge in [-0.05, 0) is 36.9 Å². The number of hydrogen-bond acceptors (Lipinski definition) is 0. The third-order valence-corrected chi connectivity index (χ3v) is 1.91. The largest absolute Gasteiger partial charge is 0.359 e. The summed E-state index contributed by atoms with van der Waals surface area (Å²) in [5, 5.41) is 1.30. The highest BCUT2D eigenvalue weighted by molar-refractivity contribution is 5.80. The summed E-state index contributed by atoms with van der Waals surface area (Å²) in [5.74, 6) is 0. The van der Waals surface area contributed by atoms with E-state index in [-0.39, 0.29) is 0 Å². The van der Waals surface area contributed by atoms with E-state index in [4.69, 9.17) is 0 Å². The summed E-state index contributed by atoms with van der Waals surface area (Å²) in [6.07, 6.45) is 1.25. The van der Waals surface area contributed by atoms with Crippen molar-refractivity contribution in [2.75, 3.05) is 0 Å². The zero-order chi connectivity index (χ0) is 10.6. The minimum Gasteiger partial charge on any atom is -0.359 e. The molecule has 1 heterocycles. The van der Waals surface area contributed by atoms with Crippen LogP contribution in [0, 0.1) is 13.8 Å². The van der Waals surface area contributed by atoms with Crippen molar-refractivity contribution in [2.24, 2.45) is 0 Å². The van der Waals surface area contributed by atoms with Gasteiger partial charge in [-0.2, -0.15) is 0 Å². The molecule has 0 fully saturated rings. The highest BCUT2D eigenvalue weighted by Gasteiger charge is 1.95. The van der Waals surface area contributed by atoms with Crippen LogP contribution in [0.1, 0.15) is 31.5 Å². The monoisotopic (exact) mass is 189 g/mol. The van der Waals surface area contributed by atoms with E-state index in [2.05, 4.69) is 56.9 Å². The van der Waals surface area contributed by atoms with Crippen molar-refractivity contribution in [3.63, 3.8) is 0 Å². The van der Waals surface area contributed by atoms with E-state index in [9.17, 15) is 0 Å². The van der Waals surface area contributed by atoms with E-state index in [1.807, 2.05) is 0 Å². The molecule has 0 radical (unpaired) electrons. The molecule has 0 spiro atoms. The van der Waals surface area contributed by atoms with E-state index in [0.717, 1.165) is 0 Å². The molecule has 0 unspecified atom stereocenters. The molecule has 0 aliphatic rings. The number of H-pyrrole nitrogens is 1. The fourth-order valence-electron chi connectivity index (χ4n) is 1.39. The molecule has 1 aromatic carbocycles. The highest BCUT2D eigenvalue weighted by Crippen LogP contribution is 2.15. The topological polar surface area (TPSA) is 15.8 Å². The van der Waals surface area contributed by atoms with Crippen LogP contribution in [0.25, 0.3) is 10.9 Å². The lowest BCUT2D eigenvalue weighted by molar-refractivity contribution is 1.09. The van der Waals surface area contributed by atoms with Crippen molar-refractivity contribution < 1.29 is 0 Å². The Labute approximate surface area is 86.2 Å². The van der Waals surface area contributed by atoms with E-state index in [0.29, 0.717) is 0 Å². The Balaban J connectivity index is 0.000000293. The molecule has 1 nitrogen and oxygen atoms in total. The Kier molecular flexibility index (Phi) is 3.75. The molecule has 0 bridgehead atoms. The molecule has 0 atom stereocenters. The molecule has 1 aromatic heterocycles. The van der Waals surface area contributed by atoms with Crippen LogP contribution in [0.4, 0.5) is 0 Å². The molecule has 76 valence electrons. The molecule has 14 heavy (non-hydrogen) atoms. The maximum Gasteiger partial charge on any atom is 0.0458 e. The molecular weight excluding hydrogens is 170 g/mol. The van der Waals surface area contributed by atoms with Gasteiger partial charge in [-0.25, -0.2) is 0 Å². The number of aryl methyl sites for hydroxylation is 2. The lowest BCUT2D eigenvalue weighted by atomic mass is 10.2. The van der Waals surface area contributed by atoms with E-state index >= 15 is 0 Å². The summed E-state index contributed by atoms with van der Waals surface area (Å²) in [6.45, 7) is 8.44. The molecule has 1 N–H and O–H groups in total. The smallest absolute Gasteiger partial charge is 0.0458 e. The Hall–Kier alpha value is -1.24. The molecule has 0 aliphatic carbocycles. The zero-order valence-corrected chi connectivity index (χ0v) is 9.52. The number of nitrogens with one attached hydrogen (secondary N) is 1. The molecule has 2 rings (SSSR count). The molecular formula is C13H19N. The van der Waals surface area contributed by atoms with Crippen LogP contribution in [0.2, 0.25) is 0 Å². The lowest BCUT2D eigenvalue weighted by Gasteiger charge is -1.90. The van der Waals surface area contributed by atoms with Crippen molar-refractivity contribution in [3.05, 3.63) is 35.5 Å². The van der Waals surface area contributed by atoms with Gasteiger partial charge in [0.2, 0.25) is 0 Å². The summed E-state index contributed by atoms with van der Waals surface area (Å²) >= 11 is 0. The van der Waals surface area contributed by atoms with Gasteiger partial charge in [-0.1, -0.05) is 32.4 Å². The Bertz CT molecular complexity index is 399. The predicted molar refractivity (Wildman–Crippen MR) is 63.7 cm³/mol. The molecule has 1 heteroatoms. The van der Waals surface area contributed by atoms with Crippen molar-refractivity contribution >= 4 is 10.9 Å². The van der Waals surface area contributed by atoms with Gasteiger partial charge >= 0.3 is 0 Å². The minimum absolute atomic E-state index is 1.23. The first-order valence-electron chi connectivity index (χ1n) is 5.23. The van der Waals surface area contributed by atoms with Crippen molar-refractivity contribution in [1.29, 1.82) is 0 Å². The number of fused-ring (bicyclic) bond motifs is 1. The minimum atomic E-state index is 1.23. The van der Waals surface area contributed by atoms with Gasteiger partial charge in [-0.15, -0.1) is 0 Å². The van der Waals surface area contributed by atoms with Crippen molar-refractivity contribution in [1.82, 2.24) is 4.98 Å². The van der Waals surface area contributed by atoms with Crippen LogP contribution >= 0.6 is 0 Å². The maximum atomic E-state index is 3.30. The Morgan fingerprint density at radius 3 is 2.36 bits per heavy atom. The molecule has 0 aliphatic heterocycles. The van der Waals surface area contributed by atoms with Gasteiger partial charge in [0.05, 0.1) is 0 Å². The van der Waals surface area contributed by atoms with Crippen LogP contribution in [0.15, 0.2) is 24.3 Å². The van der Waals surface area contributed by atoms with Gasteiger partial charge < -0.3 is 4.98 Å². The summed E-state index contributed by atoms with van der Waals surface area (Å²) in [6, 6.07) is 8.61. The first-order chi connectivity index (χ1) is 6.67. The van der Waals surface area contributed by atoms with Gasteiger partial charge in [0, 0.05) is 11.2 Å². The Morgan fingerprint density at radius 1 is 1.07 bits per heavy atom. The quantitative estimate of drug-likeness (QED) is 0.639. The fraction of sp³-hybridized carbons (Fsp3) is 0.385. The van der Waals surface area contributed by atoms with Gasteiger partial charge in [0.1, 0.15) is 0 Å². The van der Waals surface area contributed by atoms with Crippen molar-refractivity contribution in [2.45, 2.75) is 34.1 Å². The van der Waals surface area contributed by atoms with Gasteiger partial charge in [-0.3, -0.25) is 0 Å². The molecule has 0 saturated carbocycles. The average Bonchev–Trinajstić information content (AvgIpc) is 2.45. The first kappa shape index (κ1) is 10.8. The number of aromatic nitrogens is 1. The normalized spacial score (nSPS) is 9.71. The highest BCUT2D eigenvalue weighted by atomic mass is 14.7. The predicted octanol–water partition coefficient (Wildman–Crippen LogP) is 4.20. The average molecular weight is 189 g/mol. The van der Waals surface area contributed by atoms with Crippen LogP contribution in [0.3, 0.4) is 0 Å².